The number of aromatic nitrogens is 1. The Morgan fingerprint density at radius 3 is 2.56 bits per heavy atom. The molecule has 1 amide bonds. The van der Waals surface area contributed by atoms with Crippen LogP contribution in [-0.2, 0) is 6.54 Å². The third-order valence-electron chi connectivity index (χ3n) is 3.69. The first kappa shape index (κ1) is 16.6. The summed E-state index contributed by atoms with van der Waals surface area (Å²) in [5.41, 5.74) is 3.23. The number of benzene rings is 2. The number of anilines is 2. The van der Waals surface area contributed by atoms with Crippen LogP contribution in [0.1, 0.15) is 21.5 Å². The molecule has 0 aliphatic rings. The Hall–Kier alpha value is -3.21. The third-order valence-corrected chi connectivity index (χ3v) is 3.69. The zero-order valence-corrected chi connectivity index (χ0v) is 13.8. The van der Waals surface area contributed by atoms with Crippen LogP contribution in [-0.4, -0.2) is 10.9 Å². The number of amides is 1. The zero-order chi connectivity index (χ0) is 17.6. The molecule has 3 rings (SSSR count). The largest absolute Gasteiger partial charge is 0.366 e. The first-order valence-corrected chi connectivity index (χ1v) is 7.92. The standard InChI is InChI=1S/C20H18FN3O/c1-14-3-2-4-16(11-14)20(25)24-18-9-10-19(23-13-18)22-12-15-5-7-17(21)8-6-15/h2-11,13H,12H2,1H3,(H,22,23)(H,24,25). The Kier molecular flexibility index (Phi) is 5.04. The van der Waals surface area contributed by atoms with Gasteiger partial charge in [0.05, 0.1) is 11.9 Å². The van der Waals surface area contributed by atoms with Gasteiger partial charge in [0.2, 0.25) is 0 Å². The molecule has 3 aromatic rings. The molecule has 2 N–H and O–H groups in total. The molecular weight excluding hydrogens is 317 g/mol. The second kappa shape index (κ2) is 7.57. The lowest BCUT2D eigenvalue weighted by Crippen LogP contribution is -2.12. The molecule has 0 bridgehead atoms. The molecule has 0 radical (unpaired) electrons. The van der Waals surface area contributed by atoms with Gasteiger partial charge in [-0.25, -0.2) is 9.37 Å². The Morgan fingerprint density at radius 1 is 1.08 bits per heavy atom. The van der Waals surface area contributed by atoms with E-state index < -0.39 is 0 Å². The maximum absolute atomic E-state index is 12.9. The fraction of sp³-hybridized carbons (Fsp3) is 0.100. The molecule has 5 heteroatoms. The molecule has 1 aromatic heterocycles. The van der Waals surface area contributed by atoms with E-state index in [1.165, 1.54) is 12.1 Å². The highest BCUT2D eigenvalue weighted by molar-refractivity contribution is 6.04. The van der Waals surface area contributed by atoms with Crippen molar-refractivity contribution in [3.63, 3.8) is 0 Å². The molecule has 0 spiro atoms. The summed E-state index contributed by atoms with van der Waals surface area (Å²) in [6.07, 6.45) is 1.60. The predicted molar refractivity (Wildman–Crippen MR) is 97.1 cm³/mol. The van der Waals surface area contributed by atoms with Crippen LogP contribution in [0.4, 0.5) is 15.9 Å². The van der Waals surface area contributed by atoms with Crippen molar-refractivity contribution in [3.05, 3.63) is 89.4 Å². The minimum atomic E-state index is -0.254. The molecule has 0 unspecified atom stereocenters. The van der Waals surface area contributed by atoms with Crippen LogP contribution in [0.15, 0.2) is 66.9 Å². The van der Waals surface area contributed by atoms with E-state index in [4.69, 9.17) is 0 Å². The van der Waals surface area contributed by atoms with Gasteiger partial charge in [-0.2, -0.15) is 0 Å². The molecule has 1 heterocycles. The second-order valence-corrected chi connectivity index (χ2v) is 5.74. The van der Waals surface area contributed by atoms with Crippen molar-refractivity contribution in [1.82, 2.24) is 4.98 Å². The number of pyridine rings is 1. The van der Waals surface area contributed by atoms with Crippen LogP contribution in [0, 0.1) is 12.7 Å². The van der Waals surface area contributed by atoms with Crippen LogP contribution >= 0.6 is 0 Å². The summed E-state index contributed by atoms with van der Waals surface area (Å²) in [7, 11) is 0. The van der Waals surface area contributed by atoms with E-state index in [9.17, 15) is 9.18 Å². The van der Waals surface area contributed by atoms with Crippen molar-refractivity contribution in [3.8, 4) is 0 Å². The summed E-state index contributed by atoms with van der Waals surface area (Å²) in [4.78, 5) is 16.5. The smallest absolute Gasteiger partial charge is 0.255 e. The van der Waals surface area contributed by atoms with Gasteiger partial charge in [-0.15, -0.1) is 0 Å². The number of rotatable bonds is 5. The van der Waals surface area contributed by atoms with E-state index in [2.05, 4.69) is 15.6 Å². The zero-order valence-electron chi connectivity index (χ0n) is 13.8. The van der Waals surface area contributed by atoms with Gasteiger partial charge >= 0.3 is 0 Å². The van der Waals surface area contributed by atoms with Crippen molar-refractivity contribution < 1.29 is 9.18 Å². The summed E-state index contributed by atoms with van der Waals surface area (Å²) in [5.74, 6) is 0.256. The van der Waals surface area contributed by atoms with Crippen LogP contribution in [0.25, 0.3) is 0 Å². The highest BCUT2D eigenvalue weighted by Gasteiger charge is 2.06. The minimum absolute atomic E-state index is 0.169. The van der Waals surface area contributed by atoms with Crippen molar-refractivity contribution in [2.24, 2.45) is 0 Å². The maximum atomic E-state index is 12.9. The molecule has 25 heavy (non-hydrogen) atoms. The van der Waals surface area contributed by atoms with Crippen molar-refractivity contribution in [2.45, 2.75) is 13.5 Å². The molecule has 4 nitrogen and oxygen atoms in total. The van der Waals surface area contributed by atoms with E-state index in [1.54, 1.807) is 36.5 Å². The number of hydrogen-bond acceptors (Lipinski definition) is 3. The van der Waals surface area contributed by atoms with E-state index >= 15 is 0 Å². The maximum Gasteiger partial charge on any atom is 0.255 e. The molecule has 0 fully saturated rings. The van der Waals surface area contributed by atoms with Crippen molar-refractivity contribution >= 4 is 17.4 Å². The van der Waals surface area contributed by atoms with Gasteiger partial charge < -0.3 is 10.6 Å². The average Bonchev–Trinajstić information content (AvgIpc) is 2.62. The van der Waals surface area contributed by atoms with E-state index in [0.717, 1.165) is 11.1 Å². The van der Waals surface area contributed by atoms with E-state index in [-0.39, 0.29) is 11.7 Å². The lowest BCUT2D eigenvalue weighted by atomic mass is 10.1. The Morgan fingerprint density at radius 2 is 1.88 bits per heavy atom. The second-order valence-electron chi connectivity index (χ2n) is 5.74. The Balaban J connectivity index is 1.58. The normalized spacial score (nSPS) is 10.3. The topological polar surface area (TPSA) is 54.0 Å². The van der Waals surface area contributed by atoms with Crippen LogP contribution < -0.4 is 10.6 Å². The molecule has 2 aromatic carbocycles. The number of carbonyl (C=O) groups excluding carboxylic acids is 1. The summed E-state index contributed by atoms with van der Waals surface area (Å²) in [5, 5.41) is 5.98. The number of aryl methyl sites for hydroxylation is 1. The summed E-state index contributed by atoms with van der Waals surface area (Å²) >= 11 is 0. The van der Waals surface area contributed by atoms with Gasteiger partial charge in [-0.05, 0) is 48.9 Å². The monoisotopic (exact) mass is 335 g/mol. The van der Waals surface area contributed by atoms with Crippen LogP contribution in [0.3, 0.4) is 0 Å². The third kappa shape index (κ3) is 4.64. The van der Waals surface area contributed by atoms with E-state index in [1.807, 2.05) is 25.1 Å². The molecule has 0 atom stereocenters. The van der Waals surface area contributed by atoms with Crippen molar-refractivity contribution in [2.75, 3.05) is 10.6 Å². The van der Waals surface area contributed by atoms with E-state index in [0.29, 0.717) is 23.6 Å². The molecular formula is C20H18FN3O. The lowest BCUT2D eigenvalue weighted by molar-refractivity contribution is 0.102. The van der Waals surface area contributed by atoms with Crippen LogP contribution in [0.2, 0.25) is 0 Å². The number of halogens is 1. The molecule has 126 valence electrons. The lowest BCUT2D eigenvalue weighted by Gasteiger charge is -2.08. The summed E-state index contributed by atoms with van der Waals surface area (Å²) in [6.45, 7) is 2.49. The first-order chi connectivity index (χ1) is 12.1. The molecule has 0 saturated heterocycles. The summed E-state index contributed by atoms with van der Waals surface area (Å²) < 4.78 is 12.9. The molecule has 0 saturated carbocycles. The minimum Gasteiger partial charge on any atom is -0.366 e. The SMILES string of the molecule is Cc1cccc(C(=O)Nc2ccc(NCc3ccc(F)cc3)nc2)c1. The first-order valence-electron chi connectivity index (χ1n) is 7.92. The Bertz CT molecular complexity index is 861. The van der Waals surface area contributed by atoms with Gasteiger partial charge in [0.15, 0.2) is 0 Å². The van der Waals surface area contributed by atoms with Crippen LogP contribution in [0.5, 0.6) is 0 Å². The van der Waals surface area contributed by atoms with Crippen molar-refractivity contribution in [1.29, 1.82) is 0 Å². The van der Waals surface area contributed by atoms with Gasteiger partial charge in [-0.1, -0.05) is 29.8 Å². The van der Waals surface area contributed by atoms with Gasteiger partial charge in [-0.3, -0.25) is 4.79 Å². The molecule has 0 aliphatic heterocycles. The predicted octanol–water partition coefficient (Wildman–Crippen LogP) is 4.39. The average molecular weight is 335 g/mol. The summed E-state index contributed by atoms with van der Waals surface area (Å²) in [6, 6.07) is 17.3. The highest BCUT2D eigenvalue weighted by atomic mass is 19.1. The number of nitrogens with one attached hydrogen (secondary N) is 2. The van der Waals surface area contributed by atoms with Gasteiger partial charge in [0, 0.05) is 12.1 Å². The number of hydrogen-bond donors (Lipinski definition) is 2. The number of carbonyl (C=O) groups is 1. The molecule has 0 aliphatic carbocycles. The highest BCUT2D eigenvalue weighted by Crippen LogP contribution is 2.13. The van der Waals surface area contributed by atoms with Gasteiger partial charge in [0.1, 0.15) is 11.6 Å². The number of nitrogens with zero attached hydrogens (tertiary/aromatic N) is 1. The fourth-order valence-electron chi connectivity index (χ4n) is 2.36. The quantitative estimate of drug-likeness (QED) is 0.727. The fourth-order valence-corrected chi connectivity index (χ4v) is 2.36. The van der Waals surface area contributed by atoms with Gasteiger partial charge in [0.25, 0.3) is 5.91 Å². The Labute approximate surface area is 145 Å².